The third kappa shape index (κ3) is 2.59. The maximum atomic E-state index is 11.4. The molecule has 1 heterocycles. The standard InChI is InChI=1S/C15H17BrN2O/c1-10(19)11-3-6-14(7-4-11)18-9-12-2-5-13(16)8-15(12)17-18/h2,5,8-9,11,14H,3-4,6-7H2,1H3. The van der Waals surface area contributed by atoms with E-state index in [0.717, 1.165) is 35.7 Å². The SMILES string of the molecule is CC(=O)C1CCC(n2cc3ccc(Br)cc3n2)CC1. The van der Waals surface area contributed by atoms with Gasteiger partial charge in [0, 0.05) is 22.0 Å². The molecule has 0 spiro atoms. The summed E-state index contributed by atoms with van der Waals surface area (Å²) in [6.07, 6.45) is 6.24. The lowest BCUT2D eigenvalue weighted by molar-refractivity contribution is -0.121. The first-order valence-corrected chi connectivity index (χ1v) is 7.57. The van der Waals surface area contributed by atoms with Gasteiger partial charge in [-0.05, 0) is 44.7 Å². The van der Waals surface area contributed by atoms with Crippen LogP contribution in [0, 0.1) is 5.92 Å². The van der Waals surface area contributed by atoms with Crippen molar-refractivity contribution in [3.05, 3.63) is 28.9 Å². The van der Waals surface area contributed by atoms with Gasteiger partial charge in [-0.15, -0.1) is 0 Å². The van der Waals surface area contributed by atoms with Crippen LogP contribution in [0.1, 0.15) is 38.6 Å². The molecule has 1 aliphatic rings. The topological polar surface area (TPSA) is 34.9 Å². The third-order valence-electron chi connectivity index (χ3n) is 4.13. The monoisotopic (exact) mass is 320 g/mol. The lowest BCUT2D eigenvalue weighted by Crippen LogP contribution is -2.22. The predicted molar refractivity (Wildman–Crippen MR) is 79.1 cm³/mol. The molecule has 0 unspecified atom stereocenters. The van der Waals surface area contributed by atoms with Crippen LogP contribution in [0.4, 0.5) is 0 Å². The van der Waals surface area contributed by atoms with Gasteiger partial charge in [0.1, 0.15) is 5.78 Å². The Morgan fingerprint density at radius 3 is 2.74 bits per heavy atom. The summed E-state index contributed by atoms with van der Waals surface area (Å²) < 4.78 is 3.15. The zero-order valence-corrected chi connectivity index (χ0v) is 12.6. The van der Waals surface area contributed by atoms with Gasteiger partial charge < -0.3 is 0 Å². The molecule has 19 heavy (non-hydrogen) atoms. The highest BCUT2D eigenvalue weighted by Gasteiger charge is 2.25. The molecule has 1 aliphatic carbocycles. The Hall–Kier alpha value is -1.16. The fraction of sp³-hybridized carbons (Fsp3) is 0.467. The molecule has 1 aromatic carbocycles. The Bertz CT molecular complexity index is 612. The van der Waals surface area contributed by atoms with Crippen molar-refractivity contribution in [2.45, 2.75) is 38.6 Å². The molecule has 3 rings (SSSR count). The van der Waals surface area contributed by atoms with Gasteiger partial charge in [0.05, 0.1) is 11.6 Å². The number of nitrogens with zero attached hydrogens (tertiary/aromatic N) is 2. The first-order chi connectivity index (χ1) is 9.13. The number of fused-ring (bicyclic) bond motifs is 1. The molecule has 0 atom stereocenters. The van der Waals surface area contributed by atoms with E-state index >= 15 is 0 Å². The van der Waals surface area contributed by atoms with E-state index in [4.69, 9.17) is 0 Å². The van der Waals surface area contributed by atoms with Crippen LogP contribution >= 0.6 is 15.9 Å². The summed E-state index contributed by atoms with van der Waals surface area (Å²) in [5, 5.41) is 5.85. The van der Waals surface area contributed by atoms with E-state index < -0.39 is 0 Å². The first kappa shape index (κ1) is 12.9. The van der Waals surface area contributed by atoms with Crippen molar-refractivity contribution in [1.29, 1.82) is 0 Å². The fourth-order valence-corrected chi connectivity index (χ4v) is 3.29. The van der Waals surface area contributed by atoms with Crippen LogP contribution in [0.25, 0.3) is 10.9 Å². The minimum atomic E-state index is 0.273. The number of ketones is 1. The molecule has 0 saturated heterocycles. The van der Waals surface area contributed by atoms with Crippen LogP contribution in [0.2, 0.25) is 0 Å². The largest absolute Gasteiger partial charge is 0.300 e. The van der Waals surface area contributed by atoms with Crippen LogP contribution in [0.15, 0.2) is 28.9 Å². The molecular weight excluding hydrogens is 304 g/mol. The number of halogens is 1. The minimum absolute atomic E-state index is 0.273. The van der Waals surface area contributed by atoms with E-state index in [0.29, 0.717) is 11.8 Å². The lowest BCUT2D eigenvalue weighted by atomic mass is 9.84. The number of benzene rings is 1. The summed E-state index contributed by atoms with van der Waals surface area (Å²) in [7, 11) is 0. The van der Waals surface area contributed by atoms with Crippen molar-refractivity contribution in [1.82, 2.24) is 9.78 Å². The van der Waals surface area contributed by atoms with Crippen LogP contribution in [-0.2, 0) is 4.79 Å². The van der Waals surface area contributed by atoms with Crippen molar-refractivity contribution < 1.29 is 4.79 Å². The molecule has 100 valence electrons. The van der Waals surface area contributed by atoms with E-state index in [1.54, 1.807) is 6.92 Å². The Labute approximate surface area is 121 Å². The molecule has 2 aromatic rings. The van der Waals surface area contributed by atoms with Crippen molar-refractivity contribution >= 4 is 32.6 Å². The second kappa shape index (κ2) is 5.08. The molecule has 1 saturated carbocycles. The summed E-state index contributed by atoms with van der Waals surface area (Å²) in [5.74, 6) is 0.614. The van der Waals surface area contributed by atoms with Gasteiger partial charge >= 0.3 is 0 Å². The zero-order valence-electron chi connectivity index (χ0n) is 11.0. The molecule has 1 aromatic heterocycles. The average Bonchev–Trinajstić information content (AvgIpc) is 2.81. The molecular formula is C15H17BrN2O. The van der Waals surface area contributed by atoms with E-state index in [-0.39, 0.29) is 5.92 Å². The molecule has 0 N–H and O–H groups in total. The van der Waals surface area contributed by atoms with Gasteiger partial charge in [-0.2, -0.15) is 5.10 Å². The smallest absolute Gasteiger partial charge is 0.132 e. The maximum absolute atomic E-state index is 11.4. The molecule has 1 fully saturated rings. The minimum Gasteiger partial charge on any atom is -0.300 e. The Kier molecular flexibility index (Phi) is 3.44. The summed E-state index contributed by atoms with van der Waals surface area (Å²) in [6.45, 7) is 1.71. The highest BCUT2D eigenvalue weighted by molar-refractivity contribution is 9.10. The third-order valence-corrected chi connectivity index (χ3v) is 4.63. The Morgan fingerprint density at radius 1 is 1.32 bits per heavy atom. The highest BCUT2D eigenvalue weighted by atomic mass is 79.9. The lowest BCUT2D eigenvalue weighted by Gasteiger charge is -2.27. The number of Topliss-reactive ketones (excluding diaryl/α,β-unsaturated/α-hetero) is 1. The number of carbonyl (C=O) groups is 1. The van der Waals surface area contributed by atoms with Gasteiger partial charge in [-0.25, -0.2) is 0 Å². The van der Waals surface area contributed by atoms with Crippen molar-refractivity contribution in [3.63, 3.8) is 0 Å². The van der Waals surface area contributed by atoms with E-state index in [1.807, 2.05) is 12.1 Å². The molecule has 4 heteroatoms. The van der Waals surface area contributed by atoms with Crippen molar-refractivity contribution in [2.75, 3.05) is 0 Å². The molecule has 0 bridgehead atoms. The van der Waals surface area contributed by atoms with Gasteiger partial charge in [-0.1, -0.05) is 22.0 Å². The Morgan fingerprint density at radius 2 is 2.05 bits per heavy atom. The molecule has 0 amide bonds. The van der Waals surface area contributed by atoms with Crippen molar-refractivity contribution in [3.8, 4) is 0 Å². The Balaban J connectivity index is 1.80. The van der Waals surface area contributed by atoms with Crippen LogP contribution in [-0.4, -0.2) is 15.6 Å². The summed E-state index contributed by atoms with van der Waals surface area (Å²) >= 11 is 3.47. The second-order valence-electron chi connectivity index (χ2n) is 5.43. The van der Waals surface area contributed by atoms with E-state index in [2.05, 4.69) is 38.0 Å². The van der Waals surface area contributed by atoms with Gasteiger partial charge in [0.25, 0.3) is 0 Å². The van der Waals surface area contributed by atoms with Crippen LogP contribution in [0.3, 0.4) is 0 Å². The number of aromatic nitrogens is 2. The zero-order chi connectivity index (χ0) is 13.4. The normalized spacial score (nSPS) is 23.7. The van der Waals surface area contributed by atoms with E-state index in [9.17, 15) is 4.79 Å². The molecule has 0 aliphatic heterocycles. The maximum Gasteiger partial charge on any atom is 0.132 e. The summed E-state index contributed by atoms with van der Waals surface area (Å²) in [4.78, 5) is 11.4. The van der Waals surface area contributed by atoms with Crippen LogP contribution in [0.5, 0.6) is 0 Å². The fourth-order valence-electron chi connectivity index (χ4n) is 2.94. The second-order valence-corrected chi connectivity index (χ2v) is 6.34. The quantitative estimate of drug-likeness (QED) is 0.834. The molecule has 3 nitrogen and oxygen atoms in total. The van der Waals surface area contributed by atoms with Gasteiger partial charge in [0.2, 0.25) is 0 Å². The predicted octanol–water partition coefficient (Wildman–Crippen LogP) is 4.12. The number of rotatable bonds is 2. The number of carbonyl (C=O) groups excluding carboxylic acids is 1. The van der Waals surface area contributed by atoms with E-state index in [1.165, 1.54) is 5.39 Å². The van der Waals surface area contributed by atoms with Gasteiger partial charge in [0.15, 0.2) is 0 Å². The molecule has 0 radical (unpaired) electrons. The summed E-state index contributed by atoms with van der Waals surface area (Å²) in [6, 6.07) is 6.62. The van der Waals surface area contributed by atoms with Gasteiger partial charge in [-0.3, -0.25) is 9.48 Å². The highest BCUT2D eigenvalue weighted by Crippen LogP contribution is 2.33. The first-order valence-electron chi connectivity index (χ1n) is 6.78. The number of hydrogen-bond donors (Lipinski definition) is 0. The summed E-state index contributed by atoms with van der Waals surface area (Å²) in [5.41, 5.74) is 1.03. The van der Waals surface area contributed by atoms with Crippen molar-refractivity contribution in [2.24, 2.45) is 5.92 Å². The van der Waals surface area contributed by atoms with Crippen LogP contribution < -0.4 is 0 Å². The number of hydrogen-bond acceptors (Lipinski definition) is 2. The average molecular weight is 321 g/mol.